The molecular formula is C8H6N2O3S. The zero-order valence-corrected chi connectivity index (χ0v) is 7.80. The van der Waals surface area contributed by atoms with Gasteiger partial charge in [-0.3, -0.25) is 4.79 Å². The lowest BCUT2D eigenvalue weighted by Gasteiger charge is -2.14. The molecule has 0 aromatic carbocycles. The molecular weight excluding hydrogens is 204 g/mol. The number of aromatic nitrogens is 1. The van der Waals surface area contributed by atoms with Gasteiger partial charge in [-0.2, -0.15) is 0 Å². The molecule has 0 unspecified atom stereocenters. The molecule has 1 aromatic rings. The minimum absolute atomic E-state index is 0.00220. The number of carbonyl (C=O) groups excluding carboxylic acids is 1. The van der Waals surface area contributed by atoms with Crippen molar-refractivity contribution >= 4 is 28.7 Å². The lowest BCUT2D eigenvalue weighted by molar-refractivity contribution is -0.109. The Bertz CT molecular complexity index is 419. The van der Waals surface area contributed by atoms with E-state index in [9.17, 15) is 9.59 Å². The third kappa shape index (κ3) is 1.56. The number of rotatable bonds is 1. The van der Waals surface area contributed by atoms with Crippen LogP contribution in [0.1, 0.15) is 10.5 Å². The van der Waals surface area contributed by atoms with E-state index in [-0.39, 0.29) is 17.4 Å². The standard InChI is InChI=1S/C8H6N2O3S/c11-6-3-9-7-5(14-6)2-1-4(10-7)8(12)13/h1-2H,3H2,(H,9,10)(H,12,13). The fraction of sp³-hybridized carbons (Fsp3) is 0.125. The molecule has 0 saturated heterocycles. The van der Waals surface area contributed by atoms with Crippen molar-refractivity contribution < 1.29 is 14.7 Å². The zero-order chi connectivity index (χ0) is 10.1. The Balaban J connectivity index is 2.41. The number of pyridine rings is 1. The second kappa shape index (κ2) is 3.30. The highest BCUT2D eigenvalue weighted by Gasteiger charge is 2.18. The lowest BCUT2D eigenvalue weighted by Crippen LogP contribution is -2.18. The van der Waals surface area contributed by atoms with Gasteiger partial charge in [0.05, 0.1) is 11.4 Å². The van der Waals surface area contributed by atoms with Crippen LogP contribution in [0.25, 0.3) is 0 Å². The first-order valence-corrected chi connectivity index (χ1v) is 4.67. The van der Waals surface area contributed by atoms with Gasteiger partial charge in [0, 0.05) is 0 Å². The number of carboxylic acids is 1. The highest BCUT2D eigenvalue weighted by Crippen LogP contribution is 2.29. The van der Waals surface area contributed by atoms with E-state index in [1.807, 2.05) is 0 Å². The average molecular weight is 210 g/mol. The van der Waals surface area contributed by atoms with Crippen LogP contribution >= 0.6 is 11.8 Å². The van der Waals surface area contributed by atoms with Gasteiger partial charge in [-0.15, -0.1) is 0 Å². The average Bonchev–Trinajstić information content (AvgIpc) is 2.16. The van der Waals surface area contributed by atoms with Crippen LogP contribution in [0.5, 0.6) is 0 Å². The molecule has 14 heavy (non-hydrogen) atoms. The first-order chi connectivity index (χ1) is 6.66. The van der Waals surface area contributed by atoms with Gasteiger partial charge in [-0.25, -0.2) is 9.78 Å². The van der Waals surface area contributed by atoms with Crippen LogP contribution in [-0.2, 0) is 4.79 Å². The van der Waals surface area contributed by atoms with Crippen LogP contribution in [0.2, 0.25) is 0 Å². The number of hydrogen-bond donors (Lipinski definition) is 2. The number of fused-ring (bicyclic) bond motifs is 1. The van der Waals surface area contributed by atoms with Crippen molar-refractivity contribution in [2.24, 2.45) is 0 Å². The molecule has 0 saturated carbocycles. The normalized spacial score (nSPS) is 14.4. The first-order valence-electron chi connectivity index (χ1n) is 3.86. The fourth-order valence-corrected chi connectivity index (χ4v) is 1.83. The second-order valence-corrected chi connectivity index (χ2v) is 3.78. The molecule has 72 valence electrons. The van der Waals surface area contributed by atoms with E-state index in [1.165, 1.54) is 6.07 Å². The van der Waals surface area contributed by atoms with Gasteiger partial charge in [0.25, 0.3) is 0 Å². The zero-order valence-electron chi connectivity index (χ0n) is 6.98. The smallest absolute Gasteiger partial charge is 0.354 e. The van der Waals surface area contributed by atoms with E-state index in [0.29, 0.717) is 10.7 Å². The molecule has 1 aromatic heterocycles. The lowest BCUT2D eigenvalue weighted by atomic mass is 10.3. The van der Waals surface area contributed by atoms with Gasteiger partial charge in [0.1, 0.15) is 5.82 Å². The number of carbonyl (C=O) groups is 2. The molecule has 6 heteroatoms. The van der Waals surface area contributed by atoms with Crippen LogP contribution in [-0.4, -0.2) is 27.7 Å². The Kier molecular flexibility index (Phi) is 2.12. The van der Waals surface area contributed by atoms with Gasteiger partial charge < -0.3 is 10.4 Å². The largest absolute Gasteiger partial charge is 0.477 e. The maximum Gasteiger partial charge on any atom is 0.354 e. The molecule has 0 radical (unpaired) electrons. The molecule has 0 aliphatic carbocycles. The summed E-state index contributed by atoms with van der Waals surface area (Å²) in [4.78, 5) is 26.1. The van der Waals surface area contributed by atoms with Crippen LogP contribution in [0.15, 0.2) is 17.0 Å². The number of nitrogens with one attached hydrogen (secondary N) is 1. The number of hydrogen-bond acceptors (Lipinski definition) is 5. The summed E-state index contributed by atoms with van der Waals surface area (Å²) in [7, 11) is 0. The fourth-order valence-electron chi connectivity index (χ4n) is 1.09. The van der Waals surface area contributed by atoms with Gasteiger partial charge in [0.15, 0.2) is 5.69 Å². The maximum atomic E-state index is 11.0. The summed E-state index contributed by atoms with van der Waals surface area (Å²) in [6, 6.07) is 2.97. The minimum atomic E-state index is -1.07. The van der Waals surface area contributed by atoms with E-state index in [2.05, 4.69) is 10.3 Å². The Morgan fingerprint density at radius 3 is 3.07 bits per heavy atom. The quantitative estimate of drug-likeness (QED) is 0.714. The highest BCUT2D eigenvalue weighted by atomic mass is 32.2. The molecule has 1 aliphatic rings. The predicted molar refractivity (Wildman–Crippen MR) is 50.6 cm³/mol. The van der Waals surface area contributed by atoms with Crippen molar-refractivity contribution in [1.29, 1.82) is 0 Å². The Morgan fingerprint density at radius 1 is 1.57 bits per heavy atom. The van der Waals surface area contributed by atoms with E-state index in [0.717, 1.165) is 11.8 Å². The van der Waals surface area contributed by atoms with E-state index >= 15 is 0 Å². The minimum Gasteiger partial charge on any atom is -0.477 e. The summed E-state index contributed by atoms with van der Waals surface area (Å²) < 4.78 is 0. The number of thioether (sulfide) groups is 1. The van der Waals surface area contributed by atoms with E-state index < -0.39 is 5.97 Å². The summed E-state index contributed by atoms with van der Waals surface area (Å²) in [5.41, 5.74) is -0.0220. The van der Waals surface area contributed by atoms with E-state index in [4.69, 9.17) is 5.11 Å². The van der Waals surface area contributed by atoms with Crippen LogP contribution in [0.3, 0.4) is 0 Å². The van der Waals surface area contributed by atoms with E-state index in [1.54, 1.807) is 6.07 Å². The van der Waals surface area contributed by atoms with Gasteiger partial charge in [-0.1, -0.05) is 0 Å². The van der Waals surface area contributed by atoms with Crippen LogP contribution in [0.4, 0.5) is 5.82 Å². The summed E-state index contributed by atoms with van der Waals surface area (Å²) >= 11 is 1.08. The molecule has 5 nitrogen and oxygen atoms in total. The molecule has 0 spiro atoms. The van der Waals surface area contributed by atoms with Crippen LogP contribution < -0.4 is 5.32 Å². The van der Waals surface area contributed by atoms with Gasteiger partial charge in [0.2, 0.25) is 5.12 Å². The monoisotopic (exact) mass is 210 g/mol. The van der Waals surface area contributed by atoms with Crippen molar-refractivity contribution in [3.63, 3.8) is 0 Å². The number of carboxylic acid groups (broad SMARTS) is 1. The van der Waals surface area contributed by atoms with Crippen molar-refractivity contribution in [3.05, 3.63) is 17.8 Å². The third-order valence-electron chi connectivity index (χ3n) is 1.70. The molecule has 0 bridgehead atoms. The number of aromatic carboxylic acids is 1. The predicted octanol–water partition coefficient (Wildman–Crippen LogP) is 0.824. The topological polar surface area (TPSA) is 79.3 Å². The summed E-state index contributed by atoms with van der Waals surface area (Å²) in [5.74, 6) is -0.606. The van der Waals surface area contributed by atoms with Crippen molar-refractivity contribution in [2.75, 3.05) is 11.9 Å². The molecule has 0 atom stereocenters. The van der Waals surface area contributed by atoms with Crippen molar-refractivity contribution in [1.82, 2.24) is 4.98 Å². The molecule has 1 aliphatic heterocycles. The Hall–Kier alpha value is -1.56. The first kappa shape index (κ1) is 9.01. The molecule has 0 amide bonds. The van der Waals surface area contributed by atoms with Crippen molar-refractivity contribution in [3.8, 4) is 0 Å². The second-order valence-electron chi connectivity index (χ2n) is 2.68. The highest BCUT2D eigenvalue weighted by molar-refractivity contribution is 8.14. The maximum absolute atomic E-state index is 11.0. The summed E-state index contributed by atoms with van der Waals surface area (Å²) in [6.45, 7) is 0.188. The molecule has 2 heterocycles. The van der Waals surface area contributed by atoms with Crippen molar-refractivity contribution in [2.45, 2.75) is 4.90 Å². The SMILES string of the molecule is O=C1CNc2nc(C(=O)O)ccc2S1. The van der Waals surface area contributed by atoms with Crippen LogP contribution in [0, 0.1) is 0 Å². The number of anilines is 1. The molecule has 0 fully saturated rings. The molecule has 2 rings (SSSR count). The summed E-state index contributed by atoms with van der Waals surface area (Å²) in [6.07, 6.45) is 0. The van der Waals surface area contributed by atoms with Gasteiger partial charge >= 0.3 is 5.97 Å². The number of nitrogens with zero attached hydrogens (tertiary/aromatic N) is 1. The Labute approximate surface area is 83.5 Å². The summed E-state index contributed by atoms with van der Waals surface area (Å²) in [5, 5.41) is 11.4. The Morgan fingerprint density at radius 2 is 2.36 bits per heavy atom. The molecule has 2 N–H and O–H groups in total. The van der Waals surface area contributed by atoms with Gasteiger partial charge in [-0.05, 0) is 23.9 Å². The third-order valence-corrected chi connectivity index (χ3v) is 2.62.